The van der Waals surface area contributed by atoms with Crippen molar-refractivity contribution in [1.29, 1.82) is 0 Å². The Morgan fingerprint density at radius 3 is 3.06 bits per heavy atom. The Balaban J connectivity index is 1.87. The van der Waals surface area contributed by atoms with Crippen molar-refractivity contribution in [3.8, 4) is 0 Å². The van der Waals surface area contributed by atoms with E-state index in [9.17, 15) is 0 Å². The number of hydrogen-bond donors (Lipinski definition) is 1. The molecule has 0 spiro atoms. The van der Waals surface area contributed by atoms with E-state index in [1.54, 1.807) is 0 Å². The van der Waals surface area contributed by atoms with Crippen LogP contribution in [-0.4, -0.2) is 49.8 Å². The minimum atomic E-state index is 0.535. The summed E-state index contributed by atoms with van der Waals surface area (Å²) in [5.74, 6) is 0. The lowest BCUT2D eigenvalue weighted by molar-refractivity contribution is -0.0581. The third kappa shape index (κ3) is 2.76. The van der Waals surface area contributed by atoms with Gasteiger partial charge < -0.3 is 10.1 Å². The lowest BCUT2D eigenvalue weighted by Gasteiger charge is -2.39. The minimum Gasteiger partial charge on any atom is -0.375 e. The molecular weight excluding hydrogens is 200 g/mol. The Kier molecular flexibility index (Phi) is 4.62. The molecule has 3 unspecified atom stereocenters. The van der Waals surface area contributed by atoms with Gasteiger partial charge in [0, 0.05) is 25.2 Å². The van der Waals surface area contributed by atoms with Crippen molar-refractivity contribution in [2.24, 2.45) is 0 Å². The maximum Gasteiger partial charge on any atom is 0.0730 e. The molecule has 0 aromatic rings. The summed E-state index contributed by atoms with van der Waals surface area (Å²) in [7, 11) is 2.09. The molecule has 2 rings (SSSR count). The van der Waals surface area contributed by atoms with Gasteiger partial charge in [0.05, 0.1) is 12.7 Å². The fourth-order valence-electron chi connectivity index (χ4n) is 3.19. The lowest BCUT2D eigenvalue weighted by Crippen LogP contribution is -2.52. The first kappa shape index (κ1) is 12.3. The third-order valence-electron chi connectivity index (χ3n) is 4.10. The van der Waals surface area contributed by atoms with E-state index < -0.39 is 0 Å². The monoisotopic (exact) mass is 226 g/mol. The van der Waals surface area contributed by atoms with Crippen molar-refractivity contribution in [3.05, 3.63) is 0 Å². The van der Waals surface area contributed by atoms with Crippen molar-refractivity contribution in [2.45, 2.75) is 57.2 Å². The van der Waals surface area contributed by atoms with Gasteiger partial charge in [-0.15, -0.1) is 0 Å². The maximum atomic E-state index is 5.85. The van der Waals surface area contributed by atoms with Crippen LogP contribution in [0.15, 0.2) is 0 Å². The van der Waals surface area contributed by atoms with Crippen molar-refractivity contribution >= 4 is 0 Å². The largest absolute Gasteiger partial charge is 0.375 e. The van der Waals surface area contributed by atoms with Crippen LogP contribution in [0.5, 0.6) is 0 Å². The van der Waals surface area contributed by atoms with Crippen LogP contribution >= 0.6 is 0 Å². The average Bonchev–Trinajstić information content (AvgIpc) is 2.77. The Labute approximate surface area is 99.5 Å². The highest BCUT2D eigenvalue weighted by Gasteiger charge is 2.36. The number of nitrogens with one attached hydrogen (secondary N) is 1. The van der Waals surface area contributed by atoms with Crippen molar-refractivity contribution < 1.29 is 4.74 Å². The van der Waals surface area contributed by atoms with E-state index in [4.69, 9.17) is 4.74 Å². The molecule has 16 heavy (non-hydrogen) atoms. The van der Waals surface area contributed by atoms with Crippen LogP contribution < -0.4 is 5.32 Å². The van der Waals surface area contributed by atoms with Crippen LogP contribution in [0.25, 0.3) is 0 Å². The zero-order chi connectivity index (χ0) is 11.4. The van der Waals surface area contributed by atoms with Gasteiger partial charge in [0.2, 0.25) is 0 Å². The summed E-state index contributed by atoms with van der Waals surface area (Å²) in [6, 6.07) is 1.37. The molecule has 0 aromatic heterocycles. The Hall–Kier alpha value is -0.120. The predicted molar refractivity (Wildman–Crippen MR) is 66.7 cm³/mol. The van der Waals surface area contributed by atoms with Crippen LogP contribution in [-0.2, 0) is 4.74 Å². The van der Waals surface area contributed by atoms with E-state index in [0.717, 1.165) is 13.2 Å². The van der Waals surface area contributed by atoms with E-state index in [1.165, 1.54) is 38.6 Å². The molecule has 1 N–H and O–H groups in total. The minimum absolute atomic E-state index is 0.535. The zero-order valence-corrected chi connectivity index (χ0v) is 10.7. The first-order valence-corrected chi connectivity index (χ1v) is 6.88. The molecule has 3 nitrogen and oxygen atoms in total. The highest BCUT2D eigenvalue weighted by atomic mass is 16.5. The van der Waals surface area contributed by atoms with E-state index >= 15 is 0 Å². The Morgan fingerprint density at radius 1 is 1.44 bits per heavy atom. The van der Waals surface area contributed by atoms with E-state index in [2.05, 4.69) is 24.2 Å². The molecular formula is C13H26N2O. The number of hydrogen-bond acceptors (Lipinski definition) is 3. The van der Waals surface area contributed by atoms with Gasteiger partial charge in [-0.2, -0.15) is 0 Å². The van der Waals surface area contributed by atoms with Crippen LogP contribution in [0, 0.1) is 0 Å². The summed E-state index contributed by atoms with van der Waals surface area (Å²) < 4.78 is 5.85. The molecule has 1 heterocycles. The van der Waals surface area contributed by atoms with Gasteiger partial charge in [0.15, 0.2) is 0 Å². The predicted octanol–water partition coefficient (Wildman–Crippen LogP) is 1.63. The van der Waals surface area contributed by atoms with Gasteiger partial charge in [-0.3, -0.25) is 4.90 Å². The van der Waals surface area contributed by atoms with E-state index in [-0.39, 0.29) is 0 Å². The third-order valence-corrected chi connectivity index (χ3v) is 4.10. The Bertz CT molecular complexity index is 210. The average molecular weight is 226 g/mol. The highest BCUT2D eigenvalue weighted by molar-refractivity contribution is 4.90. The molecule has 1 saturated heterocycles. The fraction of sp³-hybridized carbons (Fsp3) is 1.00. The molecule has 2 fully saturated rings. The molecule has 0 aromatic carbocycles. The normalized spacial score (nSPS) is 32.6. The van der Waals surface area contributed by atoms with Gasteiger partial charge in [-0.05, 0) is 32.7 Å². The standard InChI is InChI=1S/C13H26N2O/c1-3-5-11(14-2)10-15-8-9-16-13-7-4-6-12(13)15/h11-14H,3-10H2,1-2H3. The molecule has 0 bridgehead atoms. The Morgan fingerprint density at radius 2 is 2.31 bits per heavy atom. The molecule has 0 radical (unpaired) electrons. The zero-order valence-electron chi connectivity index (χ0n) is 10.7. The number of nitrogens with zero attached hydrogens (tertiary/aromatic N) is 1. The van der Waals surface area contributed by atoms with Crippen LogP contribution in [0.4, 0.5) is 0 Å². The summed E-state index contributed by atoms with van der Waals surface area (Å²) in [6.45, 7) is 5.53. The number of rotatable bonds is 5. The van der Waals surface area contributed by atoms with Crippen LogP contribution in [0.1, 0.15) is 39.0 Å². The lowest BCUT2D eigenvalue weighted by atomic mass is 10.1. The summed E-state index contributed by atoms with van der Waals surface area (Å²) in [5, 5.41) is 3.45. The van der Waals surface area contributed by atoms with E-state index in [0.29, 0.717) is 18.2 Å². The second-order valence-electron chi connectivity index (χ2n) is 5.18. The first-order valence-electron chi connectivity index (χ1n) is 6.88. The molecule has 1 aliphatic heterocycles. The number of likely N-dealkylation sites (N-methyl/N-ethyl adjacent to an activating group) is 1. The number of fused-ring (bicyclic) bond motifs is 1. The molecule has 1 aliphatic carbocycles. The molecule has 3 heteroatoms. The highest BCUT2D eigenvalue weighted by Crippen LogP contribution is 2.29. The fourth-order valence-corrected chi connectivity index (χ4v) is 3.19. The first-order chi connectivity index (χ1) is 7.85. The van der Waals surface area contributed by atoms with Gasteiger partial charge in [-0.1, -0.05) is 13.3 Å². The summed E-state index contributed by atoms with van der Waals surface area (Å²) in [4.78, 5) is 2.66. The summed E-state index contributed by atoms with van der Waals surface area (Å²) in [6.07, 6.45) is 7.05. The summed E-state index contributed by atoms with van der Waals surface area (Å²) >= 11 is 0. The molecule has 3 atom stereocenters. The van der Waals surface area contributed by atoms with Gasteiger partial charge >= 0.3 is 0 Å². The van der Waals surface area contributed by atoms with E-state index in [1.807, 2.05) is 0 Å². The smallest absolute Gasteiger partial charge is 0.0730 e. The maximum absolute atomic E-state index is 5.85. The second kappa shape index (κ2) is 5.99. The van der Waals surface area contributed by atoms with Crippen LogP contribution in [0.3, 0.4) is 0 Å². The molecule has 94 valence electrons. The quantitative estimate of drug-likeness (QED) is 0.771. The topological polar surface area (TPSA) is 24.5 Å². The second-order valence-corrected chi connectivity index (χ2v) is 5.18. The van der Waals surface area contributed by atoms with Gasteiger partial charge in [0.1, 0.15) is 0 Å². The van der Waals surface area contributed by atoms with Crippen molar-refractivity contribution in [3.63, 3.8) is 0 Å². The number of ether oxygens (including phenoxy) is 1. The van der Waals surface area contributed by atoms with Crippen molar-refractivity contribution in [1.82, 2.24) is 10.2 Å². The molecule has 2 aliphatic rings. The van der Waals surface area contributed by atoms with Crippen LogP contribution in [0.2, 0.25) is 0 Å². The number of morpholine rings is 1. The van der Waals surface area contributed by atoms with Gasteiger partial charge in [0.25, 0.3) is 0 Å². The van der Waals surface area contributed by atoms with Crippen molar-refractivity contribution in [2.75, 3.05) is 26.7 Å². The summed E-state index contributed by atoms with van der Waals surface area (Å²) in [5.41, 5.74) is 0. The molecule has 1 saturated carbocycles. The van der Waals surface area contributed by atoms with Gasteiger partial charge in [-0.25, -0.2) is 0 Å². The molecule has 0 amide bonds. The SMILES string of the molecule is CCCC(CN1CCOC2CCCC21)NC.